The fourth-order valence-corrected chi connectivity index (χ4v) is 6.63. The summed E-state index contributed by atoms with van der Waals surface area (Å²) in [4.78, 5) is 38.4. The molecule has 5 rings (SSSR count). The number of aromatic nitrogens is 1. The van der Waals surface area contributed by atoms with Gasteiger partial charge in [0.25, 0.3) is 0 Å². The van der Waals surface area contributed by atoms with Gasteiger partial charge in [-0.25, -0.2) is 4.98 Å². The maximum absolute atomic E-state index is 12.6. The molecule has 198 valence electrons. The molecule has 13 heteroatoms. The van der Waals surface area contributed by atoms with Gasteiger partial charge < -0.3 is 18.8 Å². The Labute approximate surface area is 224 Å². The van der Waals surface area contributed by atoms with Gasteiger partial charge in [0, 0.05) is 43.8 Å². The number of hydrogen-bond acceptors (Lipinski definition) is 9. The average molecular weight is 567 g/mol. The third-order valence-corrected chi connectivity index (χ3v) is 8.58. The van der Waals surface area contributed by atoms with Gasteiger partial charge in [-0.15, -0.1) is 11.3 Å². The highest BCUT2D eigenvalue weighted by Gasteiger charge is 2.32. The van der Waals surface area contributed by atoms with Crippen molar-refractivity contribution in [1.82, 2.24) is 14.8 Å². The predicted octanol–water partition coefficient (Wildman–Crippen LogP) is 3.33. The second kappa shape index (κ2) is 10.6. The van der Waals surface area contributed by atoms with Crippen LogP contribution in [0.15, 0.2) is 28.7 Å². The minimum Gasteiger partial charge on any atom is -0.387 e. The van der Waals surface area contributed by atoms with Gasteiger partial charge in [0.15, 0.2) is 11.9 Å². The first-order valence-corrected chi connectivity index (χ1v) is 15.2. The van der Waals surface area contributed by atoms with Crippen LogP contribution in [-0.2, 0) is 24.5 Å². The molecule has 3 aliphatic rings. The predicted molar refractivity (Wildman–Crippen MR) is 138 cm³/mol. The third kappa shape index (κ3) is 5.91. The van der Waals surface area contributed by atoms with Crippen LogP contribution >= 0.6 is 22.9 Å². The van der Waals surface area contributed by atoms with Crippen molar-refractivity contribution in [3.8, 4) is 5.75 Å². The second-order valence-corrected chi connectivity index (χ2v) is 12.3. The minimum absolute atomic E-state index is 0.0100. The molecule has 1 aromatic carbocycles. The van der Waals surface area contributed by atoms with Gasteiger partial charge in [0.05, 0.1) is 34.1 Å². The summed E-state index contributed by atoms with van der Waals surface area (Å²) in [6.07, 6.45) is 3.73. The topological polar surface area (TPSA) is 118 Å². The maximum Gasteiger partial charge on any atom is 0.306 e. The monoisotopic (exact) mass is 566 g/mol. The molecule has 3 aliphatic heterocycles. The summed E-state index contributed by atoms with van der Waals surface area (Å²) in [7, 11) is -3.74. The Balaban J connectivity index is 1.19. The van der Waals surface area contributed by atoms with Crippen LogP contribution in [-0.4, -0.2) is 73.2 Å². The molecule has 0 radical (unpaired) electrons. The van der Waals surface area contributed by atoms with Crippen LogP contribution < -0.4 is 4.18 Å². The zero-order valence-electron chi connectivity index (χ0n) is 20.3. The largest absolute Gasteiger partial charge is 0.387 e. The molecule has 10 nitrogen and oxygen atoms in total. The van der Waals surface area contributed by atoms with Gasteiger partial charge in [-0.1, -0.05) is 22.8 Å². The van der Waals surface area contributed by atoms with Gasteiger partial charge >= 0.3 is 10.1 Å². The molecule has 2 fully saturated rings. The van der Waals surface area contributed by atoms with E-state index in [0.717, 1.165) is 30.5 Å². The number of halogens is 1. The SMILES string of the molecule is CS(=O)(=O)Oc1cccc(Cl)c1C1CC(c2csc(C3CCN(C(=O)CN4CCCC4=O)CC3)n2)=NO1. The number of nitrogens with zero attached hydrogens (tertiary/aromatic N) is 4. The number of piperidine rings is 1. The van der Waals surface area contributed by atoms with Crippen LogP contribution in [0.1, 0.15) is 60.4 Å². The van der Waals surface area contributed by atoms with Gasteiger partial charge in [-0.05, 0) is 31.4 Å². The van der Waals surface area contributed by atoms with Gasteiger partial charge in [0.2, 0.25) is 11.8 Å². The zero-order chi connectivity index (χ0) is 26.2. The van der Waals surface area contributed by atoms with Crippen molar-refractivity contribution >= 4 is 50.6 Å². The summed E-state index contributed by atoms with van der Waals surface area (Å²) in [5.74, 6) is 0.434. The number of rotatable bonds is 7. The molecule has 0 bridgehead atoms. The number of hydrogen-bond donors (Lipinski definition) is 0. The van der Waals surface area contributed by atoms with E-state index in [-0.39, 0.29) is 30.0 Å². The molecular formula is C24H27ClN4O6S2. The van der Waals surface area contributed by atoms with Crippen molar-refractivity contribution in [2.24, 2.45) is 5.16 Å². The second-order valence-electron chi connectivity index (χ2n) is 9.42. The number of oxime groups is 1. The van der Waals surface area contributed by atoms with E-state index in [1.165, 1.54) is 6.07 Å². The van der Waals surface area contributed by atoms with Gasteiger partial charge in [-0.2, -0.15) is 8.42 Å². The Hall–Kier alpha value is -2.70. The van der Waals surface area contributed by atoms with Crippen molar-refractivity contribution in [2.75, 3.05) is 32.4 Å². The Morgan fingerprint density at radius 3 is 2.76 bits per heavy atom. The lowest BCUT2D eigenvalue weighted by Crippen LogP contribution is -2.44. The number of amides is 2. The Bertz CT molecular complexity index is 1340. The summed E-state index contributed by atoms with van der Waals surface area (Å²) in [6.45, 7) is 2.12. The van der Waals surface area contributed by atoms with Crippen molar-refractivity contribution in [3.05, 3.63) is 44.9 Å². The number of carbonyl (C=O) groups is 2. The molecule has 4 heterocycles. The fourth-order valence-electron chi connectivity index (χ4n) is 4.87. The normalized spacial score (nSPS) is 20.8. The summed E-state index contributed by atoms with van der Waals surface area (Å²) in [5.41, 5.74) is 1.79. The Morgan fingerprint density at radius 2 is 2.05 bits per heavy atom. The molecule has 2 saturated heterocycles. The molecule has 1 atom stereocenters. The van der Waals surface area contributed by atoms with Crippen molar-refractivity contribution in [1.29, 1.82) is 0 Å². The molecule has 2 aromatic rings. The summed E-state index contributed by atoms with van der Waals surface area (Å²) >= 11 is 7.92. The minimum atomic E-state index is -3.74. The lowest BCUT2D eigenvalue weighted by Gasteiger charge is -2.32. The molecule has 0 aliphatic carbocycles. The van der Waals surface area contributed by atoms with Gasteiger partial charge in [-0.3, -0.25) is 9.59 Å². The quantitative estimate of drug-likeness (QED) is 0.472. The van der Waals surface area contributed by atoms with E-state index in [0.29, 0.717) is 54.5 Å². The first-order chi connectivity index (χ1) is 17.7. The molecule has 1 aromatic heterocycles. The Morgan fingerprint density at radius 1 is 1.27 bits per heavy atom. The number of likely N-dealkylation sites (tertiary alicyclic amines) is 2. The average Bonchev–Trinajstić information content (AvgIpc) is 3.60. The molecule has 37 heavy (non-hydrogen) atoms. The summed E-state index contributed by atoms with van der Waals surface area (Å²) in [5, 5.41) is 7.46. The zero-order valence-corrected chi connectivity index (χ0v) is 22.6. The summed E-state index contributed by atoms with van der Waals surface area (Å²) in [6, 6.07) is 4.79. The van der Waals surface area contributed by atoms with E-state index in [2.05, 4.69) is 5.16 Å². The van der Waals surface area contributed by atoms with E-state index in [1.54, 1.807) is 28.4 Å². The third-order valence-electron chi connectivity index (χ3n) is 6.76. The van der Waals surface area contributed by atoms with Gasteiger partial charge in [0.1, 0.15) is 5.71 Å². The van der Waals surface area contributed by atoms with Crippen LogP contribution in [0.2, 0.25) is 5.02 Å². The van der Waals surface area contributed by atoms with Crippen LogP contribution in [0.25, 0.3) is 0 Å². The molecule has 0 N–H and O–H groups in total. The van der Waals surface area contributed by atoms with E-state index in [9.17, 15) is 18.0 Å². The molecule has 1 unspecified atom stereocenters. The maximum atomic E-state index is 12.6. The van der Waals surface area contributed by atoms with Crippen LogP contribution in [0, 0.1) is 0 Å². The highest BCUT2D eigenvalue weighted by molar-refractivity contribution is 7.86. The molecule has 2 amide bonds. The highest BCUT2D eigenvalue weighted by atomic mass is 35.5. The standard InChI is InChI=1S/C24H27ClN4O6S2/c1-37(32,33)35-19-5-2-4-16(25)23(19)20-12-17(27-34-20)18-14-36-24(26-18)15-7-10-28(11-8-15)22(31)13-29-9-3-6-21(29)30/h2,4-5,14-15,20H,3,6-13H2,1H3. The lowest BCUT2D eigenvalue weighted by molar-refractivity contribution is -0.139. The Kier molecular flexibility index (Phi) is 7.42. The number of carbonyl (C=O) groups excluding carboxylic acids is 2. The number of thiazole rings is 1. The van der Waals surface area contributed by atoms with Crippen molar-refractivity contribution in [3.63, 3.8) is 0 Å². The van der Waals surface area contributed by atoms with Crippen LogP contribution in [0.3, 0.4) is 0 Å². The highest BCUT2D eigenvalue weighted by Crippen LogP contribution is 2.40. The lowest BCUT2D eigenvalue weighted by atomic mass is 9.97. The molecule has 0 spiro atoms. The first kappa shape index (κ1) is 25.9. The van der Waals surface area contributed by atoms with E-state index in [1.807, 2.05) is 10.3 Å². The van der Waals surface area contributed by atoms with E-state index in [4.69, 9.17) is 25.6 Å². The van der Waals surface area contributed by atoms with Crippen molar-refractivity contribution < 1.29 is 27.0 Å². The van der Waals surface area contributed by atoms with Crippen LogP contribution in [0.4, 0.5) is 0 Å². The molecule has 0 saturated carbocycles. The fraction of sp³-hybridized carbons (Fsp3) is 0.500. The first-order valence-electron chi connectivity index (χ1n) is 12.1. The van der Waals surface area contributed by atoms with E-state index < -0.39 is 16.2 Å². The van der Waals surface area contributed by atoms with E-state index >= 15 is 0 Å². The summed E-state index contributed by atoms with van der Waals surface area (Å²) < 4.78 is 28.5. The molecular weight excluding hydrogens is 540 g/mol. The number of benzene rings is 1. The van der Waals surface area contributed by atoms with Crippen molar-refractivity contribution in [2.45, 2.75) is 44.1 Å². The van der Waals surface area contributed by atoms with Crippen LogP contribution in [0.5, 0.6) is 5.75 Å². The smallest absolute Gasteiger partial charge is 0.306 e.